The molecule has 0 radical (unpaired) electrons. The monoisotopic (exact) mass is 259 g/mol. The van der Waals surface area contributed by atoms with E-state index in [0.717, 1.165) is 19.1 Å². The van der Waals surface area contributed by atoms with Crippen LogP contribution in [0.4, 0.5) is 0 Å². The molecule has 0 amide bonds. The minimum atomic E-state index is 0.407. The first-order valence-corrected chi connectivity index (χ1v) is 7.57. The van der Waals surface area contributed by atoms with Crippen LogP contribution in [0.25, 0.3) is 0 Å². The van der Waals surface area contributed by atoms with Crippen molar-refractivity contribution in [2.24, 2.45) is 5.73 Å². The summed E-state index contributed by atoms with van der Waals surface area (Å²) in [6.07, 6.45) is 3.84. The molecule has 1 aromatic carbocycles. The second-order valence-corrected chi connectivity index (χ2v) is 6.06. The fourth-order valence-corrected chi connectivity index (χ4v) is 3.46. The molecule has 0 saturated carbocycles. The first-order valence-electron chi connectivity index (χ1n) is 7.57. The van der Waals surface area contributed by atoms with Crippen molar-refractivity contribution in [3.8, 4) is 0 Å². The summed E-state index contributed by atoms with van der Waals surface area (Å²) in [4.78, 5) is 5.22. The summed E-state index contributed by atoms with van der Waals surface area (Å²) in [6, 6.07) is 12.0. The van der Waals surface area contributed by atoms with E-state index >= 15 is 0 Å². The van der Waals surface area contributed by atoms with Gasteiger partial charge in [-0.3, -0.25) is 9.80 Å². The van der Waals surface area contributed by atoms with Crippen molar-refractivity contribution < 1.29 is 0 Å². The smallest absolute Gasteiger partial charge is 0.0234 e. The molecule has 2 aliphatic heterocycles. The van der Waals surface area contributed by atoms with Crippen LogP contribution in [-0.2, 0) is 6.54 Å². The molecule has 3 rings (SSSR count). The lowest BCUT2D eigenvalue weighted by Crippen LogP contribution is -2.47. The van der Waals surface area contributed by atoms with Gasteiger partial charge in [-0.25, -0.2) is 0 Å². The highest BCUT2D eigenvalue weighted by Crippen LogP contribution is 2.21. The van der Waals surface area contributed by atoms with Crippen LogP contribution in [0, 0.1) is 0 Å². The third kappa shape index (κ3) is 3.35. The highest BCUT2D eigenvalue weighted by Gasteiger charge is 2.29. The van der Waals surface area contributed by atoms with Gasteiger partial charge in [0.2, 0.25) is 0 Å². The summed E-state index contributed by atoms with van der Waals surface area (Å²) < 4.78 is 0. The molecule has 3 nitrogen and oxygen atoms in total. The summed E-state index contributed by atoms with van der Waals surface area (Å²) in [5.41, 5.74) is 7.47. The minimum Gasteiger partial charge on any atom is -0.326 e. The van der Waals surface area contributed by atoms with Gasteiger partial charge in [-0.2, -0.15) is 0 Å². The van der Waals surface area contributed by atoms with Gasteiger partial charge in [0.1, 0.15) is 0 Å². The maximum Gasteiger partial charge on any atom is 0.0234 e. The molecule has 2 N–H and O–H groups in total. The quantitative estimate of drug-likeness (QED) is 0.896. The molecule has 0 bridgehead atoms. The lowest BCUT2D eigenvalue weighted by atomic mass is 10.0. The van der Waals surface area contributed by atoms with Crippen molar-refractivity contribution >= 4 is 0 Å². The van der Waals surface area contributed by atoms with Crippen molar-refractivity contribution in [3.63, 3.8) is 0 Å². The fourth-order valence-electron chi connectivity index (χ4n) is 3.46. The molecule has 2 heterocycles. The molecule has 104 valence electrons. The number of nitrogens with zero attached hydrogens (tertiary/aromatic N) is 2. The molecule has 1 aromatic rings. The van der Waals surface area contributed by atoms with Crippen LogP contribution < -0.4 is 5.73 Å². The topological polar surface area (TPSA) is 32.5 Å². The number of rotatable bonds is 3. The van der Waals surface area contributed by atoms with Crippen LogP contribution >= 0.6 is 0 Å². The van der Waals surface area contributed by atoms with E-state index in [2.05, 4.69) is 40.1 Å². The first kappa shape index (κ1) is 13.1. The average molecular weight is 259 g/mol. The van der Waals surface area contributed by atoms with Gasteiger partial charge in [-0.15, -0.1) is 0 Å². The SMILES string of the molecule is NC1CCN(C2CCCN(Cc3ccccc3)C2)C1. The first-order chi connectivity index (χ1) is 9.31. The van der Waals surface area contributed by atoms with Gasteiger partial charge in [-0.05, 0) is 31.4 Å². The molecule has 2 saturated heterocycles. The Morgan fingerprint density at radius 2 is 1.89 bits per heavy atom. The van der Waals surface area contributed by atoms with E-state index in [1.165, 1.54) is 44.5 Å². The van der Waals surface area contributed by atoms with Crippen LogP contribution in [0.2, 0.25) is 0 Å². The van der Waals surface area contributed by atoms with E-state index in [-0.39, 0.29) is 0 Å². The Bertz CT molecular complexity index is 392. The predicted octanol–water partition coefficient (Wildman–Crippen LogP) is 1.68. The van der Waals surface area contributed by atoms with Gasteiger partial charge in [0.05, 0.1) is 0 Å². The zero-order valence-electron chi connectivity index (χ0n) is 11.7. The molecular weight excluding hydrogens is 234 g/mol. The molecule has 19 heavy (non-hydrogen) atoms. The standard InChI is InChI=1S/C16H25N3/c17-15-8-10-19(12-15)16-7-4-9-18(13-16)11-14-5-2-1-3-6-14/h1-3,5-6,15-16H,4,7-13,17H2. The molecule has 0 aromatic heterocycles. The van der Waals surface area contributed by atoms with Crippen molar-refractivity contribution in [2.45, 2.75) is 37.9 Å². The van der Waals surface area contributed by atoms with Crippen LogP contribution in [0.5, 0.6) is 0 Å². The van der Waals surface area contributed by atoms with Gasteiger partial charge in [0.25, 0.3) is 0 Å². The van der Waals surface area contributed by atoms with Gasteiger partial charge in [-0.1, -0.05) is 30.3 Å². The largest absolute Gasteiger partial charge is 0.326 e. The molecule has 2 fully saturated rings. The van der Waals surface area contributed by atoms with Gasteiger partial charge in [0, 0.05) is 38.3 Å². The Hall–Kier alpha value is -0.900. The van der Waals surface area contributed by atoms with Crippen molar-refractivity contribution in [3.05, 3.63) is 35.9 Å². The molecule has 2 atom stereocenters. The maximum atomic E-state index is 6.03. The number of hydrogen-bond donors (Lipinski definition) is 1. The molecule has 0 aliphatic carbocycles. The highest BCUT2D eigenvalue weighted by atomic mass is 15.2. The Kier molecular flexibility index (Phi) is 4.16. The number of nitrogens with two attached hydrogens (primary N) is 1. The minimum absolute atomic E-state index is 0.407. The third-order valence-corrected chi connectivity index (χ3v) is 4.50. The number of likely N-dealkylation sites (tertiary alicyclic amines) is 2. The summed E-state index contributed by atoms with van der Waals surface area (Å²) in [6.45, 7) is 5.85. The van der Waals surface area contributed by atoms with Crippen LogP contribution in [-0.4, -0.2) is 48.1 Å². The zero-order chi connectivity index (χ0) is 13.1. The average Bonchev–Trinajstić information content (AvgIpc) is 2.87. The van der Waals surface area contributed by atoms with Gasteiger partial charge in [0.15, 0.2) is 0 Å². The molecule has 0 spiro atoms. The number of benzene rings is 1. The second kappa shape index (κ2) is 6.04. The third-order valence-electron chi connectivity index (χ3n) is 4.50. The summed E-state index contributed by atoms with van der Waals surface area (Å²) in [5.74, 6) is 0. The summed E-state index contributed by atoms with van der Waals surface area (Å²) in [5, 5.41) is 0. The van der Waals surface area contributed by atoms with Crippen LogP contribution in [0.3, 0.4) is 0 Å². The summed E-state index contributed by atoms with van der Waals surface area (Å²) >= 11 is 0. The van der Waals surface area contributed by atoms with Crippen LogP contribution in [0.1, 0.15) is 24.8 Å². The summed E-state index contributed by atoms with van der Waals surface area (Å²) in [7, 11) is 0. The lowest BCUT2D eigenvalue weighted by Gasteiger charge is -2.37. The van der Waals surface area contributed by atoms with Gasteiger partial charge < -0.3 is 5.73 Å². The maximum absolute atomic E-state index is 6.03. The number of piperidine rings is 1. The van der Waals surface area contributed by atoms with Crippen molar-refractivity contribution in [1.82, 2.24) is 9.80 Å². The normalized spacial score (nSPS) is 29.7. The van der Waals surface area contributed by atoms with E-state index in [4.69, 9.17) is 5.73 Å². The Morgan fingerprint density at radius 3 is 2.63 bits per heavy atom. The zero-order valence-corrected chi connectivity index (χ0v) is 11.7. The predicted molar refractivity (Wildman–Crippen MR) is 78.9 cm³/mol. The molecule has 3 heteroatoms. The van der Waals surface area contributed by atoms with E-state index in [0.29, 0.717) is 6.04 Å². The van der Waals surface area contributed by atoms with Crippen molar-refractivity contribution in [1.29, 1.82) is 0 Å². The van der Waals surface area contributed by atoms with E-state index in [1.54, 1.807) is 0 Å². The van der Waals surface area contributed by atoms with Crippen molar-refractivity contribution in [2.75, 3.05) is 26.2 Å². The van der Waals surface area contributed by atoms with E-state index < -0.39 is 0 Å². The van der Waals surface area contributed by atoms with E-state index in [1.807, 2.05) is 0 Å². The van der Waals surface area contributed by atoms with Gasteiger partial charge >= 0.3 is 0 Å². The number of hydrogen-bond acceptors (Lipinski definition) is 3. The Morgan fingerprint density at radius 1 is 1.05 bits per heavy atom. The molecular formula is C16H25N3. The fraction of sp³-hybridized carbons (Fsp3) is 0.625. The highest BCUT2D eigenvalue weighted by molar-refractivity contribution is 5.14. The Balaban J connectivity index is 1.56. The van der Waals surface area contributed by atoms with Crippen LogP contribution in [0.15, 0.2) is 30.3 Å². The lowest BCUT2D eigenvalue weighted by molar-refractivity contribution is 0.110. The molecule has 2 unspecified atom stereocenters. The Labute approximate surface area is 116 Å². The van der Waals surface area contributed by atoms with E-state index in [9.17, 15) is 0 Å². The molecule has 2 aliphatic rings. The second-order valence-electron chi connectivity index (χ2n) is 6.06.